The van der Waals surface area contributed by atoms with Crippen molar-refractivity contribution < 1.29 is 23.4 Å². The van der Waals surface area contributed by atoms with Crippen LogP contribution >= 0.6 is 0 Å². The van der Waals surface area contributed by atoms with E-state index in [0.29, 0.717) is 67.1 Å². The summed E-state index contributed by atoms with van der Waals surface area (Å²) < 4.78 is 22.5. The van der Waals surface area contributed by atoms with Gasteiger partial charge in [-0.25, -0.2) is 4.98 Å². The summed E-state index contributed by atoms with van der Waals surface area (Å²) >= 11 is 0. The fourth-order valence-electron chi connectivity index (χ4n) is 3.09. The molecule has 0 atom stereocenters. The van der Waals surface area contributed by atoms with Gasteiger partial charge in [0.15, 0.2) is 17.3 Å². The molecule has 0 unspecified atom stereocenters. The summed E-state index contributed by atoms with van der Waals surface area (Å²) in [6, 6.07) is 12.8. The first-order valence-electron chi connectivity index (χ1n) is 10.4. The number of benzene rings is 2. The number of rotatable bonds is 12. The molecule has 2 aromatic carbocycles. The molecule has 162 valence electrons. The number of oxazole rings is 1. The van der Waals surface area contributed by atoms with Crippen LogP contribution in [0.25, 0.3) is 11.5 Å². The Labute approximate surface area is 182 Å². The first-order chi connectivity index (χ1) is 15.2. The number of aryl methyl sites for hydroxylation is 1. The van der Waals surface area contributed by atoms with E-state index in [-0.39, 0.29) is 5.78 Å². The van der Waals surface area contributed by atoms with Gasteiger partial charge in [-0.15, -0.1) is 0 Å². The molecule has 0 N–H and O–H groups in total. The average Bonchev–Trinajstić information content (AvgIpc) is 3.27. The van der Waals surface area contributed by atoms with Crippen LogP contribution in [0.1, 0.15) is 36.3 Å². The Morgan fingerprint density at radius 1 is 1.03 bits per heavy atom. The Balaban J connectivity index is 1.69. The Morgan fingerprint density at radius 3 is 2.58 bits per heavy atom. The number of ether oxygens (including phenoxy) is 3. The second-order valence-corrected chi connectivity index (χ2v) is 6.69. The number of carbonyl (C=O) groups is 1. The first-order valence-corrected chi connectivity index (χ1v) is 10.4. The maximum Gasteiger partial charge on any atom is 0.226 e. The van der Waals surface area contributed by atoms with E-state index in [2.05, 4.69) is 11.6 Å². The van der Waals surface area contributed by atoms with E-state index < -0.39 is 0 Å². The lowest BCUT2D eigenvalue weighted by molar-refractivity contribution is 0.0979. The highest BCUT2D eigenvalue weighted by atomic mass is 16.5. The van der Waals surface area contributed by atoms with Crippen molar-refractivity contribution in [1.82, 2.24) is 4.98 Å². The van der Waals surface area contributed by atoms with Gasteiger partial charge in [0.25, 0.3) is 0 Å². The molecule has 0 saturated carbocycles. The zero-order chi connectivity index (χ0) is 22.1. The van der Waals surface area contributed by atoms with Gasteiger partial charge >= 0.3 is 0 Å². The monoisotopic (exact) mass is 421 g/mol. The van der Waals surface area contributed by atoms with Gasteiger partial charge in [0.05, 0.1) is 24.5 Å². The zero-order valence-electron chi connectivity index (χ0n) is 17.9. The topological polar surface area (TPSA) is 70.8 Å². The van der Waals surface area contributed by atoms with Gasteiger partial charge in [0.1, 0.15) is 18.6 Å². The van der Waals surface area contributed by atoms with Crippen molar-refractivity contribution in [3.63, 3.8) is 0 Å². The van der Waals surface area contributed by atoms with Crippen LogP contribution in [-0.4, -0.2) is 30.6 Å². The van der Waals surface area contributed by atoms with Gasteiger partial charge in [-0.1, -0.05) is 24.8 Å². The molecule has 6 heteroatoms. The van der Waals surface area contributed by atoms with E-state index in [1.165, 1.54) is 0 Å². The lowest BCUT2D eigenvalue weighted by atomic mass is 10.0. The van der Waals surface area contributed by atoms with E-state index in [9.17, 15) is 4.79 Å². The summed E-state index contributed by atoms with van der Waals surface area (Å²) in [5, 5.41) is 0. The Bertz CT molecular complexity index is 1020. The number of ketones is 1. The lowest BCUT2D eigenvalue weighted by Crippen LogP contribution is -2.05. The molecule has 0 amide bonds. The Kier molecular flexibility index (Phi) is 7.87. The zero-order valence-corrected chi connectivity index (χ0v) is 17.9. The first kappa shape index (κ1) is 22.2. The molecule has 0 spiro atoms. The van der Waals surface area contributed by atoms with Crippen molar-refractivity contribution in [2.45, 2.75) is 26.7 Å². The number of para-hydroxylation sites is 1. The van der Waals surface area contributed by atoms with Gasteiger partial charge < -0.3 is 18.6 Å². The molecule has 6 nitrogen and oxygen atoms in total. The highest BCUT2D eigenvalue weighted by molar-refractivity contribution is 5.98. The number of carbonyl (C=O) groups excluding carboxylic acids is 1. The van der Waals surface area contributed by atoms with E-state index >= 15 is 0 Å². The number of Topliss-reactive ketones (excluding diaryl/α,β-unsaturated/α-hetero) is 1. The van der Waals surface area contributed by atoms with Crippen molar-refractivity contribution in [2.24, 2.45) is 0 Å². The number of hydrogen-bond donors (Lipinski definition) is 0. The van der Waals surface area contributed by atoms with Gasteiger partial charge in [-0.2, -0.15) is 0 Å². The SMILES string of the molecule is C=CCOc1ccccc1C(=O)CCc1coc(-c2ccc(OCC)c(OCC)c2)n1. The standard InChI is InChI=1S/C25H27NO5/c1-4-15-30-22-10-8-7-9-20(22)21(27)13-12-19-17-31-25(26-19)18-11-14-23(28-5-2)24(16-18)29-6-3/h4,7-11,14,16-17H,1,5-6,12-13,15H2,2-3H3. The molecule has 0 aliphatic rings. The Hall–Kier alpha value is -3.54. The van der Waals surface area contributed by atoms with E-state index in [0.717, 1.165) is 5.56 Å². The molecular weight excluding hydrogens is 394 g/mol. The molecule has 3 aromatic rings. The van der Waals surface area contributed by atoms with Crippen molar-refractivity contribution >= 4 is 5.78 Å². The summed E-state index contributed by atoms with van der Waals surface area (Å²) in [7, 11) is 0. The summed E-state index contributed by atoms with van der Waals surface area (Å²) in [6.45, 7) is 8.92. The minimum Gasteiger partial charge on any atom is -0.490 e. The van der Waals surface area contributed by atoms with Crippen LogP contribution in [0, 0.1) is 0 Å². The summed E-state index contributed by atoms with van der Waals surface area (Å²) in [4.78, 5) is 17.2. The lowest BCUT2D eigenvalue weighted by Gasteiger charge is -2.11. The summed E-state index contributed by atoms with van der Waals surface area (Å²) in [6.07, 6.45) is 4.00. The van der Waals surface area contributed by atoms with Gasteiger partial charge in [-0.05, 0) is 44.2 Å². The normalized spacial score (nSPS) is 10.5. The second kappa shape index (κ2) is 11.0. The molecule has 0 radical (unpaired) electrons. The molecular formula is C25H27NO5. The highest BCUT2D eigenvalue weighted by Crippen LogP contribution is 2.32. The van der Waals surface area contributed by atoms with Crippen LogP contribution in [0.2, 0.25) is 0 Å². The molecule has 0 saturated heterocycles. The molecule has 0 bridgehead atoms. The van der Waals surface area contributed by atoms with Crippen molar-refractivity contribution in [3.8, 4) is 28.7 Å². The molecule has 0 aliphatic heterocycles. The third kappa shape index (κ3) is 5.75. The fourth-order valence-corrected chi connectivity index (χ4v) is 3.09. The summed E-state index contributed by atoms with van der Waals surface area (Å²) in [5.41, 5.74) is 2.05. The largest absolute Gasteiger partial charge is 0.490 e. The van der Waals surface area contributed by atoms with Crippen LogP contribution in [0.15, 0.2) is 65.8 Å². The van der Waals surface area contributed by atoms with Gasteiger partial charge in [0.2, 0.25) is 5.89 Å². The molecule has 3 rings (SSSR count). The molecule has 31 heavy (non-hydrogen) atoms. The van der Waals surface area contributed by atoms with Crippen LogP contribution in [0.4, 0.5) is 0 Å². The average molecular weight is 421 g/mol. The minimum atomic E-state index is -0.0103. The van der Waals surface area contributed by atoms with Crippen LogP contribution in [0.5, 0.6) is 17.2 Å². The van der Waals surface area contributed by atoms with Crippen molar-refractivity contribution in [3.05, 3.63) is 72.6 Å². The van der Waals surface area contributed by atoms with Crippen molar-refractivity contribution in [2.75, 3.05) is 19.8 Å². The third-order valence-electron chi connectivity index (χ3n) is 4.49. The number of nitrogens with zero attached hydrogens (tertiary/aromatic N) is 1. The van der Waals surface area contributed by atoms with Gasteiger partial charge in [0, 0.05) is 18.4 Å². The fraction of sp³-hybridized carbons (Fsp3) is 0.280. The van der Waals surface area contributed by atoms with E-state index in [1.807, 2.05) is 44.2 Å². The molecule has 1 aromatic heterocycles. The quantitative estimate of drug-likeness (QED) is 0.283. The van der Waals surface area contributed by atoms with Crippen molar-refractivity contribution in [1.29, 1.82) is 0 Å². The number of hydrogen-bond acceptors (Lipinski definition) is 6. The van der Waals surface area contributed by atoms with Gasteiger partial charge in [-0.3, -0.25) is 4.79 Å². The smallest absolute Gasteiger partial charge is 0.226 e. The molecule has 0 aliphatic carbocycles. The predicted octanol–water partition coefficient (Wildman–Crippen LogP) is 5.52. The summed E-state index contributed by atoms with van der Waals surface area (Å²) in [5.74, 6) is 2.35. The predicted molar refractivity (Wildman–Crippen MR) is 119 cm³/mol. The third-order valence-corrected chi connectivity index (χ3v) is 4.49. The maximum absolute atomic E-state index is 12.7. The minimum absolute atomic E-state index is 0.0103. The van der Waals surface area contributed by atoms with Crippen LogP contribution in [-0.2, 0) is 6.42 Å². The van der Waals surface area contributed by atoms with Crippen LogP contribution in [0.3, 0.4) is 0 Å². The molecule has 1 heterocycles. The number of aromatic nitrogens is 1. The maximum atomic E-state index is 12.7. The Morgan fingerprint density at radius 2 is 1.81 bits per heavy atom. The molecule has 0 fully saturated rings. The highest BCUT2D eigenvalue weighted by Gasteiger charge is 2.15. The van der Waals surface area contributed by atoms with Crippen LogP contribution < -0.4 is 14.2 Å². The second-order valence-electron chi connectivity index (χ2n) is 6.69. The van der Waals surface area contributed by atoms with E-state index in [4.69, 9.17) is 18.6 Å². The van der Waals surface area contributed by atoms with E-state index in [1.54, 1.807) is 24.5 Å².